The van der Waals surface area contributed by atoms with E-state index in [9.17, 15) is 9.59 Å². The van der Waals surface area contributed by atoms with Crippen LogP contribution in [0.25, 0.3) is 6.08 Å². The zero-order valence-electron chi connectivity index (χ0n) is 19.0. The molecule has 0 N–H and O–H groups in total. The lowest BCUT2D eigenvalue weighted by molar-refractivity contribution is -0.127. The molecule has 1 amide bonds. The zero-order valence-corrected chi connectivity index (χ0v) is 19.0. The fourth-order valence-electron chi connectivity index (χ4n) is 4.13. The van der Waals surface area contributed by atoms with Crippen molar-refractivity contribution in [3.63, 3.8) is 0 Å². The lowest BCUT2D eigenvalue weighted by Gasteiger charge is -2.30. The monoisotopic (exact) mass is 451 g/mol. The topological polar surface area (TPSA) is 74.3 Å². The lowest BCUT2D eigenvalue weighted by atomic mass is 9.88. The molecule has 0 aliphatic carbocycles. The fourth-order valence-corrected chi connectivity index (χ4v) is 4.13. The number of hydrogen-bond donors (Lipinski definition) is 0. The van der Waals surface area contributed by atoms with Crippen molar-refractivity contribution in [2.24, 2.45) is 5.92 Å². The van der Waals surface area contributed by atoms with Gasteiger partial charge in [0.1, 0.15) is 13.2 Å². The summed E-state index contributed by atoms with van der Waals surface area (Å²) in [6, 6.07) is 10.9. The van der Waals surface area contributed by atoms with Crippen molar-refractivity contribution in [1.82, 2.24) is 4.90 Å². The Bertz CT molecular complexity index is 1040. The molecule has 0 atom stereocenters. The number of Topliss-reactive ketones (excluding diaryl/α,β-unsaturated/α-hetero) is 1. The first kappa shape index (κ1) is 22.7. The molecule has 33 heavy (non-hydrogen) atoms. The number of piperidine rings is 1. The summed E-state index contributed by atoms with van der Waals surface area (Å²) in [6.07, 6.45) is 4.62. The molecule has 7 nitrogen and oxygen atoms in total. The number of carbonyl (C=O) groups excluding carboxylic acids is 2. The molecule has 0 radical (unpaired) electrons. The highest BCUT2D eigenvalue weighted by Crippen LogP contribution is 2.33. The average molecular weight is 452 g/mol. The minimum atomic E-state index is -0.101. The number of carbonyl (C=O) groups is 2. The van der Waals surface area contributed by atoms with E-state index in [0.29, 0.717) is 74.3 Å². The van der Waals surface area contributed by atoms with E-state index in [0.717, 1.165) is 5.56 Å². The van der Waals surface area contributed by atoms with E-state index in [1.807, 2.05) is 25.1 Å². The van der Waals surface area contributed by atoms with Gasteiger partial charge in [-0.05, 0) is 61.7 Å². The van der Waals surface area contributed by atoms with Crippen LogP contribution in [0.2, 0.25) is 0 Å². The van der Waals surface area contributed by atoms with E-state index in [-0.39, 0.29) is 17.6 Å². The Morgan fingerprint density at radius 2 is 1.79 bits per heavy atom. The van der Waals surface area contributed by atoms with Gasteiger partial charge < -0.3 is 23.8 Å². The SMILES string of the molecule is CCOc1ccc(/C=C/C(=O)N2CCC(C(=O)c3ccc4c(c3)OCCO4)CC2)cc1OC. The van der Waals surface area contributed by atoms with Gasteiger partial charge in [-0.15, -0.1) is 0 Å². The highest BCUT2D eigenvalue weighted by Gasteiger charge is 2.28. The van der Waals surface area contributed by atoms with Crippen LogP contribution in [-0.2, 0) is 4.79 Å². The van der Waals surface area contributed by atoms with Crippen LogP contribution >= 0.6 is 0 Å². The first-order valence-electron chi connectivity index (χ1n) is 11.3. The Balaban J connectivity index is 1.33. The number of rotatable bonds is 7. The summed E-state index contributed by atoms with van der Waals surface area (Å²) in [6.45, 7) is 4.58. The Hall–Kier alpha value is -3.48. The van der Waals surface area contributed by atoms with E-state index in [1.165, 1.54) is 0 Å². The smallest absolute Gasteiger partial charge is 0.246 e. The molecule has 0 unspecified atom stereocenters. The molecule has 0 bridgehead atoms. The number of ketones is 1. The summed E-state index contributed by atoms with van der Waals surface area (Å²) >= 11 is 0. The highest BCUT2D eigenvalue weighted by molar-refractivity contribution is 5.99. The number of fused-ring (bicyclic) bond motifs is 1. The Kier molecular flexibility index (Phi) is 7.17. The minimum Gasteiger partial charge on any atom is -0.493 e. The van der Waals surface area contributed by atoms with Crippen LogP contribution in [0.5, 0.6) is 23.0 Å². The van der Waals surface area contributed by atoms with E-state index < -0.39 is 0 Å². The van der Waals surface area contributed by atoms with Crippen LogP contribution in [0.4, 0.5) is 0 Å². The summed E-state index contributed by atoms with van der Waals surface area (Å²) < 4.78 is 22.0. The number of nitrogens with zero attached hydrogens (tertiary/aromatic N) is 1. The van der Waals surface area contributed by atoms with Crippen LogP contribution in [0.1, 0.15) is 35.7 Å². The molecule has 4 rings (SSSR count). The van der Waals surface area contributed by atoms with Gasteiger partial charge in [-0.1, -0.05) is 6.07 Å². The van der Waals surface area contributed by atoms with Crippen LogP contribution < -0.4 is 18.9 Å². The molecule has 174 valence electrons. The molecule has 1 saturated heterocycles. The average Bonchev–Trinajstić information content (AvgIpc) is 2.87. The van der Waals surface area contributed by atoms with Crippen molar-refractivity contribution in [2.75, 3.05) is 40.0 Å². The second-order valence-electron chi connectivity index (χ2n) is 8.00. The number of amides is 1. The fraction of sp³-hybridized carbons (Fsp3) is 0.385. The van der Waals surface area contributed by atoms with Crippen LogP contribution in [0.15, 0.2) is 42.5 Å². The molecule has 2 aromatic rings. The Morgan fingerprint density at radius 1 is 1.03 bits per heavy atom. The van der Waals surface area contributed by atoms with Crippen molar-refractivity contribution in [3.8, 4) is 23.0 Å². The quantitative estimate of drug-likeness (QED) is 0.468. The van der Waals surface area contributed by atoms with Gasteiger partial charge in [0.05, 0.1) is 13.7 Å². The Morgan fingerprint density at radius 3 is 2.52 bits per heavy atom. The van der Waals surface area contributed by atoms with Gasteiger partial charge in [-0.25, -0.2) is 0 Å². The predicted molar refractivity (Wildman–Crippen MR) is 124 cm³/mol. The number of hydrogen-bond acceptors (Lipinski definition) is 6. The summed E-state index contributed by atoms with van der Waals surface area (Å²) in [5.74, 6) is 2.53. The van der Waals surface area contributed by atoms with Crippen molar-refractivity contribution in [3.05, 3.63) is 53.6 Å². The molecule has 2 aromatic carbocycles. The van der Waals surface area contributed by atoms with Gasteiger partial charge in [-0.2, -0.15) is 0 Å². The molecule has 0 saturated carbocycles. The Labute approximate surface area is 193 Å². The first-order chi connectivity index (χ1) is 16.1. The predicted octanol–water partition coefficient (Wildman–Crippen LogP) is 4.00. The molecule has 2 aliphatic rings. The van der Waals surface area contributed by atoms with Gasteiger partial charge in [0.25, 0.3) is 0 Å². The summed E-state index contributed by atoms with van der Waals surface area (Å²) in [7, 11) is 1.59. The second-order valence-corrected chi connectivity index (χ2v) is 8.00. The third-order valence-electron chi connectivity index (χ3n) is 5.91. The minimum absolute atomic E-state index is 0.0620. The van der Waals surface area contributed by atoms with E-state index in [2.05, 4.69) is 0 Å². The zero-order chi connectivity index (χ0) is 23.2. The molecule has 2 heterocycles. The number of ether oxygens (including phenoxy) is 4. The van der Waals surface area contributed by atoms with Crippen LogP contribution in [-0.4, -0.2) is 56.6 Å². The molecule has 0 spiro atoms. The summed E-state index contributed by atoms with van der Waals surface area (Å²) in [5.41, 5.74) is 1.49. The normalized spacial score (nSPS) is 16.0. The summed E-state index contributed by atoms with van der Waals surface area (Å²) in [5, 5.41) is 0. The number of methoxy groups -OCH3 is 1. The standard InChI is InChI=1S/C26H29NO6/c1-3-31-21-7-4-18(16-23(21)30-2)5-9-25(28)27-12-10-19(11-13-27)26(29)20-6-8-22-24(17-20)33-15-14-32-22/h4-9,16-17,19H,3,10-15H2,1-2H3/b9-5+. The van der Waals surface area contributed by atoms with Gasteiger partial charge in [0.2, 0.25) is 5.91 Å². The molecule has 7 heteroatoms. The van der Waals surface area contributed by atoms with Crippen molar-refractivity contribution in [1.29, 1.82) is 0 Å². The van der Waals surface area contributed by atoms with Crippen molar-refractivity contribution >= 4 is 17.8 Å². The van der Waals surface area contributed by atoms with Gasteiger partial charge >= 0.3 is 0 Å². The van der Waals surface area contributed by atoms with E-state index in [4.69, 9.17) is 18.9 Å². The van der Waals surface area contributed by atoms with Gasteiger partial charge in [0, 0.05) is 30.6 Å². The molecular weight excluding hydrogens is 422 g/mol. The summed E-state index contributed by atoms with van der Waals surface area (Å²) in [4.78, 5) is 27.4. The molecule has 1 fully saturated rings. The van der Waals surface area contributed by atoms with Gasteiger partial charge in [0.15, 0.2) is 28.8 Å². The number of likely N-dealkylation sites (tertiary alicyclic amines) is 1. The maximum absolute atomic E-state index is 13.0. The third kappa shape index (κ3) is 5.30. The molecular formula is C26H29NO6. The third-order valence-corrected chi connectivity index (χ3v) is 5.91. The van der Waals surface area contributed by atoms with Crippen molar-refractivity contribution < 1.29 is 28.5 Å². The van der Waals surface area contributed by atoms with Crippen LogP contribution in [0.3, 0.4) is 0 Å². The number of benzene rings is 2. The lowest BCUT2D eigenvalue weighted by Crippen LogP contribution is -2.39. The van der Waals surface area contributed by atoms with E-state index in [1.54, 1.807) is 42.4 Å². The first-order valence-corrected chi connectivity index (χ1v) is 11.3. The maximum atomic E-state index is 13.0. The van der Waals surface area contributed by atoms with Crippen molar-refractivity contribution in [2.45, 2.75) is 19.8 Å². The molecule has 0 aromatic heterocycles. The van der Waals surface area contributed by atoms with Crippen LogP contribution in [0, 0.1) is 5.92 Å². The second kappa shape index (κ2) is 10.4. The largest absolute Gasteiger partial charge is 0.493 e. The van der Waals surface area contributed by atoms with E-state index >= 15 is 0 Å². The highest BCUT2D eigenvalue weighted by atomic mass is 16.6. The molecule has 2 aliphatic heterocycles. The van der Waals surface area contributed by atoms with Gasteiger partial charge in [-0.3, -0.25) is 9.59 Å². The maximum Gasteiger partial charge on any atom is 0.246 e.